The molecule has 0 spiro atoms. The Morgan fingerprint density at radius 3 is 1.53 bits per heavy atom. The Morgan fingerprint density at radius 2 is 1.24 bits per heavy atom. The average molecular weight is 242 g/mol. The van der Waals surface area contributed by atoms with E-state index in [9.17, 15) is 9.59 Å². The first-order valence-electron chi connectivity index (χ1n) is 6.58. The molecule has 17 heavy (non-hydrogen) atoms. The predicted molar refractivity (Wildman–Crippen MR) is 69.6 cm³/mol. The summed E-state index contributed by atoms with van der Waals surface area (Å²) < 4.78 is 0. The minimum absolute atomic E-state index is 0.102. The van der Waals surface area contributed by atoms with Crippen molar-refractivity contribution in [1.82, 2.24) is 10.6 Å². The van der Waals surface area contributed by atoms with Gasteiger partial charge in [-0.1, -0.05) is 13.8 Å². The van der Waals surface area contributed by atoms with Crippen LogP contribution in [0.4, 0.5) is 0 Å². The van der Waals surface area contributed by atoms with Gasteiger partial charge in [0.05, 0.1) is 0 Å². The Hall–Kier alpha value is -1.06. The maximum absolute atomic E-state index is 11.1. The van der Waals surface area contributed by atoms with Gasteiger partial charge in [-0.25, -0.2) is 0 Å². The van der Waals surface area contributed by atoms with Crippen LogP contribution in [0, 0.1) is 0 Å². The topological polar surface area (TPSA) is 58.2 Å². The minimum Gasteiger partial charge on any atom is -0.354 e. The maximum Gasteiger partial charge on any atom is 0.219 e. The van der Waals surface area contributed by atoms with Crippen LogP contribution in [0.1, 0.15) is 59.8 Å². The summed E-state index contributed by atoms with van der Waals surface area (Å²) in [5.74, 6) is 0.203. The number of amides is 2. The van der Waals surface area contributed by atoms with Crippen molar-refractivity contribution in [2.75, 3.05) is 0 Å². The van der Waals surface area contributed by atoms with Crippen LogP contribution in [0.3, 0.4) is 0 Å². The highest BCUT2D eigenvalue weighted by Gasteiger charge is 2.08. The summed E-state index contributed by atoms with van der Waals surface area (Å²) in [6.45, 7) is 7.74. The fraction of sp³-hybridized carbons (Fsp3) is 0.846. The van der Waals surface area contributed by atoms with E-state index in [1.54, 1.807) is 0 Å². The summed E-state index contributed by atoms with van der Waals surface area (Å²) in [7, 11) is 0. The van der Waals surface area contributed by atoms with Crippen LogP contribution < -0.4 is 10.6 Å². The minimum atomic E-state index is 0.102. The third-order valence-electron chi connectivity index (χ3n) is 2.73. The standard InChI is InChI=1S/C13H26N2O2/c1-5-12(16)14-10(3)8-7-9-11(4)15-13(17)6-2/h10-11H,5-9H2,1-4H3,(H,14,16)(H,15,17)/t10-,11-/m1/s1. The quantitative estimate of drug-likeness (QED) is 0.684. The largest absolute Gasteiger partial charge is 0.354 e. The van der Waals surface area contributed by atoms with Gasteiger partial charge in [0.15, 0.2) is 0 Å². The zero-order chi connectivity index (χ0) is 13.3. The third kappa shape index (κ3) is 8.72. The molecule has 2 atom stereocenters. The van der Waals surface area contributed by atoms with Gasteiger partial charge in [0.2, 0.25) is 11.8 Å². The summed E-state index contributed by atoms with van der Waals surface area (Å²) in [5.41, 5.74) is 0. The molecule has 0 fully saturated rings. The molecule has 2 N–H and O–H groups in total. The molecule has 0 aromatic carbocycles. The molecule has 0 aromatic heterocycles. The third-order valence-corrected chi connectivity index (χ3v) is 2.73. The Bertz CT molecular complexity index is 218. The second-order valence-electron chi connectivity index (χ2n) is 4.58. The van der Waals surface area contributed by atoms with Crippen molar-refractivity contribution in [3.63, 3.8) is 0 Å². The van der Waals surface area contributed by atoms with E-state index in [2.05, 4.69) is 10.6 Å². The lowest BCUT2D eigenvalue weighted by Gasteiger charge is -2.16. The van der Waals surface area contributed by atoms with Crippen molar-refractivity contribution < 1.29 is 9.59 Å². The second-order valence-corrected chi connectivity index (χ2v) is 4.58. The molecule has 100 valence electrons. The van der Waals surface area contributed by atoms with E-state index in [0.717, 1.165) is 19.3 Å². The lowest BCUT2D eigenvalue weighted by atomic mass is 10.1. The monoisotopic (exact) mass is 242 g/mol. The molecule has 0 rings (SSSR count). The lowest BCUT2D eigenvalue weighted by molar-refractivity contribution is -0.122. The molecule has 0 aliphatic carbocycles. The SMILES string of the molecule is CCC(=O)N[C@H](C)CCC[C@@H](C)NC(=O)CC. The normalized spacial score (nSPS) is 13.9. The molecule has 4 nitrogen and oxygen atoms in total. The van der Waals surface area contributed by atoms with Crippen LogP contribution >= 0.6 is 0 Å². The zero-order valence-electron chi connectivity index (χ0n) is 11.5. The molecule has 0 aliphatic rings. The van der Waals surface area contributed by atoms with Gasteiger partial charge >= 0.3 is 0 Å². The molecule has 0 heterocycles. The van der Waals surface area contributed by atoms with Crippen molar-refractivity contribution in [2.24, 2.45) is 0 Å². The van der Waals surface area contributed by atoms with Crippen molar-refractivity contribution in [1.29, 1.82) is 0 Å². The Labute approximate surface area is 105 Å². The highest BCUT2D eigenvalue weighted by molar-refractivity contribution is 5.76. The van der Waals surface area contributed by atoms with Crippen molar-refractivity contribution >= 4 is 11.8 Å². The summed E-state index contributed by atoms with van der Waals surface area (Å²) >= 11 is 0. The van der Waals surface area contributed by atoms with Crippen molar-refractivity contribution in [3.05, 3.63) is 0 Å². The van der Waals surface area contributed by atoms with Gasteiger partial charge in [0.1, 0.15) is 0 Å². The smallest absolute Gasteiger partial charge is 0.219 e. The number of hydrogen-bond acceptors (Lipinski definition) is 2. The molecule has 0 bridgehead atoms. The highest BCUT2D eigenvalue weighted by atomic mass is 16.2. The van der Waals surface area contributed by atoms with E-state index in [-0.39, 0.29) is 23.9 Å². The number of hydrogen-bond donors (Lipinski definition) is 2. The highest BCUT2D eigenvalue weighted by Crippen LogP contribution is 2.04. The average Bonchev–Trinajstić information content (AvgIpc) is 2.28. The molecular weight excluding hydrogens is 216 g/mol. The predicted octanol–water partition coefficient (Wildman–Crippen LogP) is 1.99. The van der Waals surface area contributed by atoms with Gasteiger partial charge in [0, 0.05) is 24.9 Å². The Kier molecular flexibility index (Phi) is 8.46. The molecule has 0 aromatic rings. The number of carbonyl (C=O) groups excluding carboxylic acids is 2. The Balaban J connectivity index is 3.61. The van der Waals surface area contributed by atoms with Gasteiger partial charge in [-0.15, -0.1) is 0 Å². The Morgan fingerprint density at radius 1 is 0.882 bits per heavy atom. The van der Waals surface area contributed by atoms with Crippen molar-refractivity contribution in [2.45, 2.75) is 71.9 Å². The molecule has 4 heteroatoms. The van der Waals surface area contributed by atoms with Gasteiger partial charge in [-0.2, -0.15) is 0 Å². The van der Waals surface area contributed by atoms with E-state index < -0.39 is 0 Å². The van der Waals surface area contributed by atoms with Gasteiger partial charge in [-0.05, 0) is 33.1 Å². The summed E-state index contributed by atoms with van der Waals surface area (Å²) in [6.07, 6.45) is 3.99. The van der Waals surface area contributed by atoms with Crippen LogP contribution in [-0.2, 0) is 9.59 Å². The fourth-order valence-corrected chi connectivity index (χ4v) is 1.63. The summed E-state index contributed by atoms with van der Waals surface area (Å²) in [5, 5.41) is 5.86. The van der Waals surface area contributed by atoms with E-state index in [0.29, 0.717) is 12.8 Å². The molecular formula is C13H26N2O2. The molecule has 0 aliphatic heterocycles. The molecule has 0 saturated heterocycles. The molecule has 0 unspecified atom stereocenters. The summed E-state index contributed by atoms with van der Waals surface area (Å²) in [4.78, 5) is 22.3. The molecule has 0 saturated carbocycles. The van der Waals surface area contributed by atoms with Crippen LogP contribution in [0.2, 0.25) is 0 Å². The van der Waals surface area contributed by atoms with E-state index in [4.69, 9.17) is 0 Å². The summed E-state index contributed by atoms with van der Waals surface area (Å²) in [6, 6.07) is 0.438. The first-order valence-corrected chi connectivity index (χ1v) is 6.58. The first kappa shape index (κ1) is 15.9. The van der Waals surface area contributed by atoms with Crippen LogP contribution in [0.15, 0.2) is 0 Å². The van der Waals surface area contributed by atoms with Gasteiger partial charge < -0.3 is 10.6 Å². The van der Waals surface area contributed by atoms with Crippen LogP contribution in [0.25, 0.3) is 0 Å². The fourth-order valence-electron chi connectivity index (χ4n) is 1.63. The lowest BCUT2D eigenvalue weighted by Crippen LogP contribution is -2.33. The molecule has 0 radical (unpaired) electrons. The zero-order valence-corrected chi connectivity index (χ0v) is 11.5. The van der Waals surface area contributed by atoms with Gasteiger partial charge in [-0.3, -0.25) is 9.59 Å². The van der Waals surface area contributed by atoms with Gasteiger partial charge in [0.25, 0.3) is 0 Å². The first-order chi connectivity index (χ1) is 7.99. The number of nitrogens with one attached hydrogen (secondary N) is 2. The van der Waals surface area contributed by atoms with Crippen LogP contribution in [-0.4, -0.2) is 23.9 Å². The second kappa shape index (κ2) is 9.02. The van der Waals surface area contributed by atoms with E-state index in [1.807, 2.05) is 27.7 Å². The maximum atomic E-state index is 11.1. The number of carbonyl (C=O) groups is 2. The number of rotatable bonds is 8. The van der Waals surface area contributed by atoms with Crippen molar-refractivity contribution in [3.8, 4) is 0 Å². The van der Waals surface area contributed by atoms with E-state index >= 15 is 0 Å². The molecule has 2 amide bonds. The van der Waals surface area contributed by atoms with Crippen LogP contribution in [0.5, 0.6) is 0 Å². The van der Waals surface area contributed by atoms with E-state index in [1.165, 1.54) is 0 Å².